The number of nitriles is 1. The highest BCUT2D eigenvalue weighted by Crippen LogP contribution is 2.13. The van der Waals surface area contributed by atoms with E-state index in [1.54, 1.807) is 10.9 Å². The predicted octanol–water partition coefficient (Wildman–Crippen LogP) is 2.73. The summed E-state index contributed by atoms with van der Waals surface area (Å²) in [6.07, 6.45) is 3.31. The Morgan fingerprint density at radius 2 is 2.00 bits per heavy atom. The van der Waals surface area contributed by atoms with Gasteiger partial charge in [-0.3, -0.25) is 0 Å². The first-order valence-corrected chi connectivity index (χ1v) is 5.73. The normalized spacial score (nSPS) is 10.2. The fourth-order valence-corrected chi connectivity index (χ4v) is 1.84. The van der Waals surface area contributed by atoms with Gasteiger partial charge in [0.05, 0.1) is 12.0 Å². The van der Waals surface area contributed by atoms with Gasteiger partial charge in [0.1, 0.15) is 11.8 Å². The van der Waals surface area contributed by atoms with Crippen LogP contribution in [0.3, 0.4) is 0 Å². The molecule has 0 aliphatic heterocycles. The Hall–Kier alpha value is -1.79. The highest BCUT2D eigenvalue weighted by atomic mass is 35.5. The van der Waals surface area contributed by atoms with Crippen molar-refractivity contribution >= 4 is 11.6 Å². The van der Waals surface area contributed by atoms with E-state index in [9.17, 15) is 0 Å². The second-order valence-corrected chi connectivity index (χ2v) is 4.33. The molecule has 0 atom stereocenters. The summed E-state index contributed by atoms with van der Waals surface area (Å²) in [5.74, 6) is 0. The maximum Gasteiger partial charge on any atom is 0.142 e. The average Bonchev–Trinajstić information content (AvgIpc) is 2.69. The molecule has 0 unspecified atom stereocenters. The minimum absolute atomic E-state index is 0.638. The van der Waals surface area contributed by atoms with E-state index in [1.807, 2.05) is 31.3 Å². The Morgan fingerprint density at radius 1 is 1.29 bits per heavy atom. The highest BCUT2D eigenvalue weighted by molar-refractivity contribution is 6.30. The highest BCUT2D eigenvalue weighted by Gasteiger charge is 2.07. The largest absolute Gasteiger partial charge is 0.325 e. The fourth-order valence-electron chi connectivity index (χ4n) is 1.72. The SMILES string of the molecule is Cn1cnc(CCc2ccc(Cl)cc2)c1C#N. The van der Waals surface area contributed by atoms with Crippen LogP contribution in [0, 0.1) is 11.3 Å². The molecular formula is C13H12ClN3. The Morgan fingerprint density at radius 3 is 2.65 bits per heavy atom. The molecule has 0 N–H and O–H groups in total. The molecular weight excluding hydrogens is 234 g/mol. The molecule has 0 saturated carbocycles. The smallest absolute Gasteiger partial charge is 0.142 e. The number of aryl methyl sites for hydroxylation is 3. The molecule has 0 amide bonds. The summed E-state index contributed by atoms with van der Waals surface area (Å²) in [6.45, 7) is 0. The predicted molar refractivity (Wildman–Crippen MR) is 66.8 cm³/mol. The summed E-state index contributed by atoms with van der Waals surface area (Å²) >= 11 is 5.82. The molecule has 2 aromatic rings. The quantitative estimate of drug-likeness (QED) is 0.834. The lowest BCUT2D eigenvalue weighted by molar-refractivity contribution is 0.884. The zero-order valence-electron chi connectivity index (χ0n) is 9.52. The topological polar surface area (TPSA) is 41.6 Å². The molecule has 4 heteroatoms. The van der Waals surface area contributed by atoms with Crippen molar-refractivity contribution in [3.05, 3.63) is 52.6 Å². The zero-order valence-corrected chi connectivity index (χ0v) is 10.3. The summed E-state index contributed by atoms with van der Waals surface area (Å²) < 4.78 is 1.75. The third-order valence-corrected chi connectivity index (χ3v) is 2.93. The third kappa shape index (κ3) is 2.66. The van der Waals surface area contributed by atoms with Gasteiger partial charge in [-0.25, -0.2) is 4.98 Å². The first-order valence-electron chi connectivity index (χ1n) is 5.35. The van der Waals surface area contributed by atoms with E-state index in [2.05, 4.69) is 11.1 Å². The number of nitrogens with zero attached hydrogens (tertiary/aromatic N) is 3. The molecule has 1 aromatic carbocycles. The summed E-state index contributed by atoms with van der Waals surface area (Å²) in [6, 6.07) is 9.91. The molecule has 86 valence electrons. The van der Waals surface area contributed by atoms with E-state index in [-0.39, 0.29) is 0 Å². The van der Waals surface area contributed by atoms with E-state index < -0.39 is 0 Å². The molecule has 3 nitrogen and oxygen atoms in total. The van der Waals surface area contributed by atoms with Crippen molar-refractivity contribution in [1.82, 2.24) is 9.55 Å². The van der Waals surface area contributed by atoms with Gasteiger partial charge < -0.3 is 4.57 Å². The summed E-state index contributed by atoms with van der Waals surface area (Å²) in [5.41, 5.74) is 2.69. The van der Waals surface area contributed by atoms with Crippen molar-refractivity contribution in [1.29, 1.82) is 5.26 Å². The molecule has 0 spiro atoms. The van der Waals surface area contributed by atoms with E-state index in [1.165, 1.54) is 5.56 Å². The second-order valence-electron chi connectivity index (χ2n) is 3.89. The third-order valence-electron chi connectivity index (χ3n) is 2.68. The van der Waals surface area contributed by atoms with Crippen molar-refractivity contribution in [2.45, 2.75) is 12.8 Å². The van der Waals surface area contributed by atoms with Gasteiger partial charge in [0.15, 0.2) is 0 Å². The molecule has 0 aliphatic rings. The zero-order chi connectivity index (χ0) is 12.3. The molecule has 0 bridgehead atoms. The van der Waals surface area contributed by atoms with Crippen molar-refractivity contribution in [3.8, 4) is 6.07 Å². The standard InChI is InChI=1S/C13H12ClN3/c1-17-9-16-12(13(17)8-15)7-4-10-2-5-11(14)6-3-10/h2-3,5-6,9H,4,7H2,1H3. The molecule has 0 aliphatic carbocycles. The van der Waals surface area contributed by atoms with Gasteiger partial charge in [0.2, 0.25) is 0 Å². The van der Waals surface area contributed by atoms with Gasteiger partial charge in [0, 0.05) is 12.1 Å². The van der Waals surface area contributed by atoms with Crippen LogP contribution in [-0.2, 0) is 19.9 Å². The van der Waals surface area contributed by atoms with Crippen LogP contribution in [0.5, 0.6) is 0 Å². The van der Waals surface area contributed by atoms with E-state index >= 15 is 0 Å². The Bertz CT molecular complexity index is 549. The summed E-state index contributed by atoms with van der Waals surface area (Å²) in [4.78, 5) is 4.23. The van der Waals surface area contributed by atoms with Crippen LogP contribution in [0.15, 0.2) is 30.6 Å². The number of hydrogen-bond donors (Lipinski definition) is 0. The van der Waals surface area contributed by atoms with E-state index in [0.29, 0.717) is 5.69 Å². The Kier molecular flexibility index (Phi) is 3.46. The molecule has 0 radical (unpaired) electrons. The minimum Gasteiger partial charge on any atom is -0.325 e. The van der Waals surface area contributed by atoms with Gasteiger partial charge in [-0.05, 0) is 30.5 Å². The Labute approximate surface area is 105 Å². The number of halogens is 1. The number of hydrogen-bond acceptors (Lipinski definition) is 2. The number of benzene rings is 1. The average molecular weight is 246 g/mol. The van der Waals surface area contributed by atoms with Gasteiger partial charge in [-0.2, -0.15) is 5.26 Å². The molecule has 1 heterocycles. The first-order chi connectivity index (χ1) is 8.20. The Balaban J connectivity index is 2.08. The second kappa shape index (κ2) is 5.03. The van der Waals surface area contributed by atoms with Crippen LogP contribution >= 0.6 is 11.6 Å². The van der Waals surface area contributed by atoms with Gasteiger partial charge in [-0.15, -0.1) is 0 Å². The van der Waals surface area contributed by atoms with Crippen LogP contribution in [0.4, 0.5) is 0 Å². The minimum atomic E-state index is 0.638. The summed E-state index contributed by atoms with van der Waals surface area (Å²) in [7, 11) is 1.83. The molecule has 0 saturated heterocycles. The van der Waals surface area contributed by atoms with Crippen molar-refractivity contribution in [2.24, 2.45) is 7.05 Å². The first kappa shape index (κ1) is 11.7. The molecule has 1 aromatic heterocycles. The van der Waals surface area contributed by atoms with Crippen molar-refractivity contribution < 1.29 is 0 Å². The maximum atomic E-state index is 8.99. The van der Waals surface area contributed by atoms with Crippen molar-refractivity contribution in [3.63, 3.8) is 0 Å². The lowest BCUT2D eigenvalue weighted by Crippen LogP contribution is -1.97. The number of imidazole rings is 1. The maximum absolute atomic E-state index is 8.99. The molecule has 2 rings (SSSR count). The number of aromatic nitrogens is 2. The van der Waals surface area contributed by atoms with Gasteiger partial charge in [-0.1, -0.05) is 23.7 Å². The lowest BCUT2D eigenvalue weighted by atomic mass is 10.1. The van der Waals surface area contributed by atoms with Crippen molar-refractivity contribution in [2.75, 3.05) is 0 Å². The van der Waals surface area contributed by atoms with Crippen LogP contribution in [0.2, 0.25) is 5.02 Å². The van der Waals surface area contributed by atoms with Crippen LogP contribution in [0.25, 0.3) is 0 Å². The molecule has 0 fully saturated rings. The van der Waals surface area contributed by atoms with Crippen LogP contribution in [-0.4, -0.2) is 9.55 Å². The monoisotopic (exact) mass is 245 g/mol. The fraction of sp³-hybridized carbons (Fsp3) is 0.231. The van der Waals surface area contributed by atoms with Gasteiger partial charge in [0.25, 0.3) is 0 Å². The van der Waals surface area contributed by atoms with Crippen LogP contribution in [0.1, 0.15) is 17.0 Å². The van der Waals surface area contributed by atoms with Crippen LogP contribution < -0.4 is 0 Å². The van der Waals surface area contributed by atoms with Gasteiger partial charge >= 0.3 is 0 Å². The lowest BCUT2D eigenvalue weighted by Gasteiger charge is -2.00. The van der Waals surface area contributed by atoms with E-state index in [0.717, 1.165) is 23.6 Å². The van der Waals surface area contributed by atoms with E-state index in [4.69, 9.17) is 16.9 Å². The summed E-state index contributed by atoms with van der Waals surface area (Å²) in [5, 5.41) is 9.73. The number of rotatable bonds is 3. The molecule has 17 heavy (non-hydrogen) atoms.